The number of ether oxygens (including phenoxy) is 3. The van der Waals surface area contributed by atoms with Crippen LogP contribution in [-0.4, -0.2) is 41.9 Å². The molecule has 4 atom stereocenters. The molecule has 16 heavy (non-hydrogen) atoms. The van der Waals surface area contributed by atoms with Crippen LogP contribution in [0.3, 0.4) is 0 Å². The molecule has 0 aromatic heterocycles. The summed E-state index contributed by atoms with van der Waals surface area (Å²) in [5.41, 5.74) is 0. The molecule has 0 amide bonds. The van der Waals surface area contributed by atoms with Gasteiger partial charge in [0.05, 0.1) is 6.61 Å². The van der Waals surface area contributed by atoms with Gasteiger partial charge in [-0.3, -0.25) is 0 Å². The predicted molar refractivity (Wildman–Crippen MR) is 58.9 cm³/mol. The quantitative estimate of drug-likeness (QED) is 0.730. The standard InChI is InChI=1S/C12H18O4/c1-4-7-14-10-8(13)5-6-9-11(10)16-12(2,3)15-9/h4-6,8-11,13H,1,7H2,2-3H3/t8-,9+,10+,11+/m0/s1. The lowest BCUT2D eigenvalue weighted by atomic mass is 9.96. The molecular weight excluding hydrogens is 208 g/mol. The average Bonchev–Trinajstić information content (AvgIpc) is 2.51. The molecule has 90 valence electrons. The lowest BCUT2D eigenvalue weighted by Gasteiger charge is -2.31. The lowest BCUT2D eigenvalue weighted by Crippen LogP contribution is -2.46. The molecule has 0 aromatic rings. The number of hydrogen-bond donors (Lipinski definition) is 1. The SMILES string of the molecule is C=CCO[C@H]1[C@@H]2OC(C)(C)O[C@@H]2C=C[C@@H]1O. The highest BCUT2D eigenvalue weighted by Gasteiger charge is 2.48. The largest absolute Gasteiger partial charge is 0.386 e. The van der Waals surface area contributed by atoms with Gasteiger partial charge in [0.15, 0.2) is 5.79 Å². The van der Waals surface area contributed by atoms with Crippen LogP contribution in [0.5, 0.6) is 0 Å². The number of rotatable bonds is 3. The Kier molecular flexibility index (Phi) is 3.17. The molecule has 1 aliphatic carbocycles. The number of aliphatic hydroxyl groups excluding tert-OH is 1. The van der Waals surface area contributed by atoms with Crippen molar-refractivity contribution in [2.24, 2.45) is 0 Å². The van der Waals surface area contributed by atoms with Crippen molar-refractivity contribution in [3.8, 4) is 0 Å². The molecule has 4 nitrogen and oxygen atoms in total. The van der Waals surface area contributed by atoms with Gasteiger partial charge in [0.2, 0.25) is 0 Å². The van der Waals surface area contributed by atoms with Crippen molar-refractivity contribution in [2.75, 3.05) is 6.61 Å². The Balaban J connectivity index is 2.11. The first-order valence-corrected chi connectivity index (χ1v) is 5.48. The fraction of sp³-hybridized carbons (Fsp3) is 0.667. The van der Waals surface area contributed by atoms with E-state index in [1.807, 2.05) is 19.9 Å². The van der Waals surface area contributed by atoms with E-state index in [2.05, 4.69) is 6.58 Å². The van der Waals surface area contributed by atoms with Crippen molar-refractivity contribution in [3.05, 3.63) is 24.8 Å². The molecule has 2 rings (SSSR count). The third kappa shape index (κ3) is 2.20. The van der Waals surface area contributed by atoms with Crippen LogP contribution in [0.15, 0.2) is 24.8 Å². The Morgan fingerprint density at radius 3 is 2.88 bits per heavy atom. The van der Waals surface area contributed by atoms with Gasteiger partial charge in [0.25, 0.3) is 0 Å². The van der Waals surface area contributed by atoms with Crippen molar-refractivity contribution >= 4 is 0 Å². The van der Waals surface area contributed by atoms with E-state index in [9.17, 15) is 5.11 Å². The fourth-order valence-corrected chi connectivity index (χ4v) is 2.12. The highest BCUT2D eigenvalue weighted by molar-refractivity contribution is 5.12. The van der Waals surface area contributed by atoms with Crippen LogP contribution in [0.4, 0.5) is 0 Å². The van der Waals surface area contributed by atoms with E-state index in [1.54, 1.807) is 12.2 Å². The summed E-state index contributed by atoms with van der Waals surface area (Å²) in [7, 11) is 0. The molecule has 0 spiro atoms. The Bertz CT molecular complexity index is 297. The summed E-state index contributed by atoms with van der Waals surface area (Å²) in [6.45, 7) is 7.69. The molecule has 1 saturated heterocycles. The molecule has 0 aromatic carbocycles. The minimum absolute atomic E-state index is 0.145. The Hall–Kier alpha value is -0.680. The van der Waals surface area contributed by atoms with Gasteiger partial charge in [-0.1, -0.05) is 18.2 Å². The first-order chi connectivity index (χ1) is 7.53. The van der Waals surface area contributed by atoms with Gasteiger partial charge in [-0.25, -0.2) is 0 Å². The second kappa shape index (κ2) is 4.30. The van der Waals surface area contributed by atoms with Crippen molar-refractivity contribution in [3.63, 3.8) is 0 Å². The summed E-state index contributed by atoms with van der Waals surface area (Å²) in [4.78, 5) is 0. The van der Waals surface area contributed by atoms with Gasteiger partial charge in [-0.05, 0) is 13.8 Å². The fourth-order valence-electron chi connectivity index (χ4n) is 2.12. The Morgan fingerprint density at radius 1 is 1.44 bits per heavy atom. The van der Waals surface area contributed by atoms with Crippen LogP contribution < -0.4 is 0 Å². The average molecular weight is 226 g/mol. The summed E-state index contributed by atoms with van der Waals surface area (Å²) >= 11 is 0. The smallest absolute Gasteiger partial charge is 0.164 e. The molecule has 1 N–H and O–H groups in total. The third-order valence-electron chi connectivity index (χ3n) is 2.73. The Morgan fingerprint density at radius 2 is 2.19 bits per heavy atom. The van der Waals surface area contributed by atoms with Crippen LogP contribution in [0.25, 0.3) is 0 Å². The molecule has 1 heterocycles. The summed E-state index contributed by atoms with van der Waals surface area (Å²) in [6, 6.07) is 0. The first kappa shape index (κ1) is 11.8. The van der Waals surface area contributed by atoms with Crippen molar-refractivity contribution < 1.29 is 19.3 Å². The predicted octanol–water partition coefficient (Wildman–Crippen LogP) is 1.01. The van der Waals surface area contributed by atoms with E-state index in [0.717, 1.165) is 0 Å². The van der Waals surface area contributed by atoms with Gasteiger partial charge in [0.1, 0.15) is 24.4 Å². The van der Waals surface area contributed by atoms with Crippen LogP contribution in [0.1, 0.15) is 13.8 Å². The molecule has 1 aliphatic heterocycles. The molecule has 0 radical (unpaired) electrons. The maximum atomic E-state index is 9.83. The van der Waals surface area contributed by atoms with Gasteiger partial charge in [0, 0.05) is 0 Å². The number of aliphatic hydroxyl groups is 1. The van der Waals surface area contributed by atoms with Crippen molar-refractivity contribution in [1.29, 1.82) is 0 Å². The zero-order chi connectivity index (χ0) is 11.8. The van der Waals surface area contributed by atoms with E-state index in [1.165, 1.54) is 0 Å². The van der Waals surface area contributed by atoms with Crippen molar-refractivity contribution in [1.82, 2.24) is 0 Å². The van der Waals surface area contributed by atoms with E-state index in [-0.39, 0.29) is 12.2 Å². The maximum absolute atomic E-state index is 9.83. The summed E-state index contributed by atoms with van der Waals surface area (Å²) in [5, 5.41) is 9.83. The van der Waals surface area contributed by atoms with E-state index < -0.39 is 18.0 Å². The van der Waals surface area contributed by atoms with Crippen molar-refractivity contribution in [2.45, 2.75) is 44.1 Å². The van der Waals surface area contributed by atoms with Gasteiger partial charge in [-0.15, -0.1) is 6.58 Å². The number of fused-ring (bicyclic) bond motifs is 1. The molecule has 0 bridgehead atoms. The second-order valence-corrected chi connectivity index (χ2v) is 4.53. The summed E-state index contributed by atoms with van der Waals surface area (Å²) < 4.78 is 17.0. The van der Waals surface area contributed by atoms with E-state index in [0.29, 0.717) is 6.61 Å². The Labute approximate surface area is 95.5 Å². The molecule has 4 heteroatoms. The van der Waals surface area contributed by atoms with Crippen LogP contribution >= 0.6 is 0 Å². The normalized spacial score (nSPS) is 40.7. The minimum atomic E-state index is -0.654. The summed E-state index contributed by atoms with van der Waals surface area (Å²) in [6.07, 6.45) is 3.73. The van der Waals surface area contributed by atoms with Gasteiger partial charge < -0.3 is 19.3 Å². The zero-order valence-electron chi connectivity index (χ0n) is 9.63. The maximum Gasteiger partial charge on any atom is 0.164 e. The first-order valence-electron chi connectivity index (χ1n) is 5.48. The van der Waals surface area contributed by atoms with Crippen LogP contribution in [0.2, 0.25) is 0 Å². The molecule has 0 saturated carbocycles. The lowest BCUT2D eigenvalue weighted by molar-refractivity contribution is -0.163. The second-order valence-electron chi connectivity index (χ2n) is 4.53. The topological polar surface area (TPSA) is 47.9 Å². The van der Waals surface area contributed by atoms with E-state index >= 15 is 0 Å². The monoisotopic (exact) mass is 226 g/mol. The summed E-state index contributed by atoms with van der Waals surface area (Å²) in [5.74, 6) is -0.625. The van der Waals surface area contributed by atoms with Crippen LogP contribution in [-0.2, 0) is 14.2 Å². The molecule has 1 fully saturated rings. The molecular formula is C12H18O4. The highest BCUT2D eigenvalue weighted by Crippen LogP contribution is 2.35. The molecule has 2 aliphatic rings. The minimum Gasteiger partial charge on any atom is -0.386 e. The van der Waals surface area contributed by atoms with Crippen LogP contribution in [0, 0.1) is 0 Å². The van der Waals surface area contributed by atoms with Gasteiger partial charge >= 0.3 is 0 Å². The highest BCUT2D eigenvalue weighted by atomic mass is 16.8. The van der Waals surface area contributed by atoms with E-state index in [4.69, 9.17) is 14.2 Å². The molecule has 0 unspecified atom stereocenters. The zero-order valence-corrected chi connectivity index (χ0v) is 9.63. The third-order valence-corrected chi connectivity index (χ3v) is 2.73. The van der Waals surface area contributed by atoms with Gasteiger partial charge in [-0.2, -0.15) is 0 Å². The number of hydrogen-bond acceptors (Lipinski definition) is 4.